The Morgan fingerprint density at radius 2 is 1.79 bits per heavy atom. The van der Waals surface area contributed by atoms with Gasteiger partial charge in [0.2, 0.25) is 0 Å². The van der Waals surface area contributed by atoms with E-state index in [0.717, 1.165) is 6.42 Å². The first-order valence-corrected chi connectivity index (χ1v) is 6.77. The van der Waals surface area contributed by atoms with Crippen LogP contribution in [0.1, 0.15) is 52.9 Å². The second-order valence-electron chi connectivity index (χ2n) is 4.42. The van der Waals surface area contributed by atoms with Crippen LogP contribution in [-0.2, 0) is 0 Å². The molecule has 0 aliphatic carbocycles. The molecule has 82 valence electrons. The third-order valence-electron chi connectivity index (χ3n) is 2.29. The van der Waals surface area contributed by atoms with E-state index >= 15 is 0 Å². The van der Waals surface area contributed by atoms with Crippen LogP contribution in [0.25, 0.3) is 0 Å². The molecule has 0 bridgehead atoms. The molecule has 0 rings (SSSR count). The minimum Gasteiger partial charge on any atom is -0.198 e. The maximum atomic E-state index is 8.81. The Bertz CT molecular complexity index is 170. The molecule has 0 aromatic heterocycles. The van der Waals surface area contributed by atoms with Crippen molar-refractivity contribution < 1.29 is 0 Å². The summed E-state index contributed by atoms with van der Waals surface area (Å²) in [4.78, 5) is 0. The molecule has 0 aromatic carbocycles. The van der Waals surface area contributed by atoms with E-state index in [-0.39, 0.29) is 5.41 Å². The highest BCUT2D eigenvalue weighted by Gasteiger charge is 2.15. The van der Waals surface area contributed by atoms with Crippen LogP contribution in [0.3, 0.4) is 0 Å². The predicted octanol–water partition coefficient (Wildman–Crippen LogP) is 4.24. The van der Waals surface area contributed by atoms with E-state index in [0.29, 0.717) is 0 Å². The molecule has 0 aliphatic heterocycles. The van der Waals surface area contributed by atoms with Crippen molar-refractivity contribution in [2.45, 2.75) is 52.9 Å². The maximum absolute atomic E-state index is 8.81. The quantitative estimate of drug-likeness (QED) is 0.563. The lowest BCUT2D eigenvalue weighted by Crippen LogP contribution is -2.07. The SMILES string of the molecule is CCCCCSCCCC(C)(C)C#N. The summed E-state index contributed by atoms with van der Waals surface area (Å²) in [5, 5.41) is 8.81. The van der Waals surface area contributed by atoms with Gasteiger partial charge >= 0.3 is 0 Å². The summed E-state index contributed by atoms with van der Waals surface area (Å²) in [5.74, 6) is 2.51. The summed E-state index contributed by atoms with van der Waals surface area (Å²) in [5.41, 5.74) is -0.121. The lowest BCUT2D eigenvalue weighted by molar-refractivity contribution is 0.448. The number of hydrogen-bond donors (Lipinski definition) is 0. The summed E-state index contributed by atoms with van der Waals surface area (Å²) < 4.78 is 0. The lowest BCUT2D eigenvalue weighted by Gasteiger charge is -2.13. The van der Waals surface area contributed by atoms with Crippen LogP contribution >= 0.6 is 11.8 Å². The first-order valence-electron chi connectivity index (χ1n) is 5.61. The predicted molar refractivity (Wildman–Crippen MR) is 65.5 cm³/mol. The summed E-state index contributed by atoms with van der Waals surface area (Å²) in [6.07, 6.45) is 6.23. The topological polar surface area (TPSA) is 23.8 Å². The molecule has 0 heterocycles. The molecule has 0 N–H and O–H groups in total. The Hall–Kier alpha value is -0.160. The number of nitrogens with zero attached hydrogens (tertiary/aromatic N) is 1. The molecule has 0 unspecified atom stereocenters. The highest BCUT2D eigenvalue weighted by atomic mass is 32.2. The number of thioether (sulfide) groups is 1. The van der Waals surface area contributed by atoms with Crippen molar-refractivity contribution in [1.29, 1.82) is 5.26 Å². The van der Waals surface area contributed by atoms with Crippen molar-refractivity contribution >= 4 is 11.8 Å². The molecule has 0 saturated heterocycles. The maximum Gasteiger partial charge on any atom is 0.0683 e. The zero-order valence-electron chi connectivity index (χ0n) is 9.81. The first kappa shape index (κ1) is 13.8. The fourth-order valence-corrected chi connectivity index (χ4v) is 2.19. The third-order valence-corrected chi connectivity index (χ3v) is 3.44. The zero-order valence-corrected chi connectivity index (χ0v) is 10.6. The van der Waals surface area contributed by atoms with Crippen molar-refractivity contribution in [3.8, 4) is 6.07 Å². The number of hydrogen-bond acceptors (Lipinski definition) is 2. The van der Waals surface area contributed by atoms with Gasteiger partial charge in [0.05, 0.1) is 11.5 Å². The highest BCUT2D eigenvalue weighted by molar-refractivity contribution is 7.99. The second kappa shape index (κ2) is 8.17. The monoisotopic (exact) mass is 213 g/mol. The van der Waals surface area contributed by atoms with E-state index in [1.165, 1.54) is 37.2 Å². The average Bonchev–Trinajstić information content (AvgIpc) is 2.16. The third kappa shape index (κ3) is 8.44. The van der Waals surface area contributed by atoms with Crippen LogP contribution in [0.15, 0.2) is 0 Å². The minimum atomic E-state index is -0.121. The minimum absolute atomic E-state index is 0.121. The van der Waals surface area contributed by atoms with E-state index < -0.39 is 0 Å². The molecular weight excluding hydrogens is 190 g/mol. The van der Waals surface area contributed by atoms with Crippen molar-refractivity contribution in [1.82, 2.24) is 0 Å². The number of nitriles is 1. The fourth-order valence-electron chi connectivity index (χ4n) is 1.23. The van der Waals surface area contributed by atoms with Crippen LogP contribution in [-0.4, -0.2) is 11.5 Å². The molecular formula is C12H23NS. The van der Waals surface area contributed by atoms with Gasteiger partial charge in [0.1, 0.15) is 0 Å². The largest absolute Gasteiger partial charge is 0.198 e. The van der Waals surface area contributed by atoms with Crippen molar-refractivity contribution in [3.63, 3.8) is 0 Å². The summed E-state index contributed by atoms with van der Waals surface area (Å²) in [6, 6.07) is 2.34. The molecule has 2 heteroatoms. The summed E-state index contributed by atoms with van der Waals surface area (Å²) in [6.45, 7) is 6.28. The van der Waals surface area contributed by atoms with Gasteiger partial charge in [-0.2, -0.15) is 17.0 Å². The van der Waals surface area contributed by atoms with Gasteiger partial charge < -0.3 is 0 Å². The van der Waals surface area contributed by atoms with Gasteiger partial charge in [-0.05, 0) is 44.6 Å². The van der Waals surface area contributed by atoms with Crippen molar-refractivity contribution in [2.75, 3.05) is 11.5 Å². The Labute approximate surface area is 93.3 Å². The Morgan fingerprint density at radius 1 is 1.14 bits per heavy atom. The fraction of sp³-hybridized carbons (Fsp3) is 0.917. The molecule has 0 atom stereocenters. The van der Waals surface area contributed by atoms with Gasteiger partial charge in [-0.3, -0.25) is 0 Å². The number of unbranched alkanes of at least 4 members (excludes halogenated alkanes) is 2. The molecule has 0 aliphatic rings. The summed E-state index contributed by atoms with van der Waals surface area (Å²) >= 11 is 2.03. The van der Waals surface area contributed by atoms with Crippen LogP contribution in [0.5, 0.6) is 0 Å². The summed E-state index contributed by atoms with van der Waals surface area (Å²) in [7, 11) is 0. The molecule has 0 saturated carbocycles. The Morgan fingerprint density at radius 3 is 2.36 bits per heavy atom. The first-order chi connectivity index (χ1) is 6.62. The van der Waals surface area contributed by atoms with Crippen molar-refractivity contribution in [2.24, 2.45) is 5.41 Å². The smallest absolute Gasteiger partial charge is 0.0683 e. The lowest BCUT2D eigenvalue weighted by atomic mass is 9.90. The Kier molecular flexibility index (Phi) is 8.08. The van der Waals surface area contributed by atoms with Gasteiger partial charge in [0.25, 0.3) is 0 Å². The molecule has 0 aromatic rings. The molecule has 1 nitrogen and oxygen atoms in total. The van der Waals surface area contributed by atoms with Crippen LogP contribution in [0.4, 0.5) is 0 Å². The Balaban J connectivity index is 3.18. The van der Waals surface area contributed by atoms with Gasteiger partial charge in [-0.15, -0.1) is 0 Å². The zero-order chi connectivity index (χ0) is 10.9. The molecule has 0 spiro atoms. The van der Waals surface area contributed by atoms with Gasteiger partial charge in [0.15, 0.2) is 0 Å². The molecule has 14 heavy (non-hydrogen) atoms. The van der Waals surface area contributed by atoms with E-state index in [2.05, 4.69) is 13.0 Å². The highest BCUT2D eigenvalue weighted by Crippen LogP contribution is 2.22. The van der Waals surface area contributed by atoms with Crippen molar-refractivity contribution in [3.05, 3.63) is 0 Å². The van der Waals surface area contributed by atoms with E-state index in [1.54, 1.807) is 0 Å². The van der Waals surface area contributed by atoms with Crippen LogP contribution < -0.4 is 0 Å². The standard InChI is InChI=1S/C12H23NS/c1-4-5-6-9-14-10-7-8-12(2,3)11-13/h4-10H2,1-3H3. The van der Waals surface area contributed by atoms with Gasteiger partial charge in [-0.25, -0.2) is 0 Å². The van der Waals surface area contributed by atoms with Crippen LogP contribution in [0, 0.1) is 16.7 Å². The van der Waals surface area contributed by atoms with E-state index in [9.17, 15) is 0 Å². The molecule has 0 fully saturated rings. The molecule has 0 amide bonds. The van der Waals surface area contributed by atoms with Crippen LogP contribution in [0.2, 0.25) is 0 Å². The van der Waals surface area contributed by atoms with Gasteiger partial charge in [0, 0.05) is 0 Å². The second-order valence-corrected chi connectivity index (χ2v) is 5.64. The number of rotatable bonds is 8. The van der Waals surface area contributed by atoms with E-state index in [1.807, 2.05) is 25.6 Å². The average molecular weight is 213 g/mol. The van der Waals surface area contributed by atoms with E-state index in [4.69, 9.17) is 5.26 Å². The molecule has 0 radical (unpaired) electrons. The normalized spacial score (nSPS) is 11.3. The van der Waals surface area contributed by atoms with Gasteiger partial charge in [-0.1, -0.05) is 19.8 Å².